The van der Waals surface area contributed by atoms with Crippen molar-refractivity contribution < 1.29 is 5.11 Å². The van der Waals surface area contributed by atoms with E-state index in [1.807, 2.05) is 49.4 Å². The Morgan fingerprint density at radius 1 is 0.824 bits per heavy atom. The second kappa shape index (κ2) is 9.77. The fourth-order valence-corrected chi connectivity index (χ4v) is 4.38. The highest BCUT2D eigenvalue weighted by Crippen LogP contribution is 2.37. The van der Waals surface area contributed by atoms with Crippen LogP contribution in [-0.4, -0.2) is 20.1 Å². The molecule has 0 aliphatic heterocycles. The number of fused-ring (bicyclic) bond motifs is 1. The third-order valence-electron chi connectivity index (χ3n) is 5.23. The van der Waals surface area contributed by atoms with E-state index >= 15 is 0 Å². The molecule has 0 bridgehead atoms. The Hall–Kier alpha value is -4.16. The number of aromatic hydroxyl groups is 1. The molecule has 0 spiro atoms. The van der Waals surface area contributed by atoms with Crippen LogP contribution in [0.3, 0.4) is 0 Å². The average Bonchev–Trinajstić information content (AvgIpc) is 2.86. The highest BCUT2D eigenvalue weighted by Gasteiger charge is 2.10. The summed E-state index contributed by atoms with van der Waals surface area (Å²) in [7, 11) is 0. The molecule has 0 atom stereocenters. The lowest BCUT2D eigenvalue weighted by molar-refractivity contribution is 0.475. The van der Waals surface area contributed by atoms with Crippen LogP contribution >= 0.6 is 11.8 Å². The molecule has 0 saturated heterocycles. The molecule has 2 heterocycles. The van der Waals surface area contributed by atoms with Crippen molar-refractivity contribution in [1.29, 1.82) is 0 Å². The largest absolute Gasteiger partial charge is 0.508 e. The number of aromatic nitrogens is 3. The summed E-state index contributed by atoms with van der Waals surface area (Å²) in [6.07, 6.45) is 5.72. The number of phenols is 1. The standard InChI is InChI=1S/C28H22N4OS/c1-19-7-15-24-27(31-19)29-18-30-28(24)32-25-17-21(9-8-20-5-3-2-4-6-20)10-16-26(25)34-23-13-11-22(33)12-14-23/h2-18,33H,1H3,(H,29,30,31,32)/b9-8+. The molecule has 0 radical (unpaired) electrons. The maximum absolute atomic E-state index is 9.63. The van der Waals surface area contributed by atoms with Crippen LogP contribution in [0.5, 0.6) is 5.75 Å². The maximum Gasteiger partial charge on any atom is 0.164 e. The third-order valence-corrected chi connectivity index (χ3v) is 6.31. The molecule has 2 N–H and O–H groups in total. The molecule has 0 amide bonds. The molecule has 6 heteroatoms. The van der Waals surface area contributed by atoms with Gasteiger partial charge in [0.1, 0.15) is 17.9 Å². The smallest absolute Gasteiger partial charge is 0.164 e. The normalized spacial score (nSPS) is 11.2. The summed E-state index contributed by atoms with van der Waals surface area (Å²) in [6.45, 7) is 1.95. The number of benzene rings is 3. The van der Waals surface area contributed by atoms with E-state index in [0.29, 0.717) is 11.5 Å². The van der Waals surface area contributed by atoms with Gasteiger partial charge in [-0.05, 0) is 66.6 Å². The molecular weight excluding hydrogens is 440 g/mol. The van der Waals surface area contributed by atoms with Crippen LogP contribution in [-0.2, 0) is 0 Å². The number of hydrogen-bond acceptors (Lipinski definition) is 6. The number of nitrogens with one attached hydrogen (secondary N) is 1. The predicted octanol–water partition coefficient (Wildman–Crippen LogP) is 7.10. The minimum absolute atomic E-state index is 0.249. The molecule has 0 aliphatic rings. The molecule has 2 aromatic heterocycles. The maximum atomic E-state index is 9.63. The predicted molar refractivity (Wildman–Crippen MR) is 139 cm³/mol. The van der Waals surface area contributed by atoms with Crippen molar-refractivity contribution in [3.8, 4) is 5.75 Å². The summed E-state index contributed by atoms with van der Waals surface area (Å²) >= 11 is 1.62. The van der Waals surface area contributed by atoms with Gasteiger partial charge in [0, 0.05) is 15.5 Å². The van der Waals surface area contributed by atoms with Gasteiger partial charge < -0.3 is 10.4 Å². The lowest BCUT2D eigenvalue weighted by atomic mass is 10.1. The van der Waals surface area contributed by atoms with E-state index in [-0.39, 0.29) is 5.75 Å². The van der Waals surface area contributed by atoms with Crippen molar-refractivity contribution in [3.63, 3.8) is 0 Å². The zero-order chi connectivity index (χ0) is 23.3. The Morgan fingerprint density at radius 3 is 2.44 bits per heavy atom. The van der Waals surface area contributed by atoms with Crippen LogP contribution in [0.4, 0.5) is 11.5 Å². The number of phenolic OH excluding ortho intramolecular Hbond substituents is 1. The minimum atomic E-state index is 0.249. The molecule has 3 aromatic carbocycles. The van der Waals surface area contributed by atoms with E-state index in [9.17, 15) is 5.11 Å². The molecule has 166 valence electrons. The first kappa shape index (κ1) is 21.7. The number of rotatable bonds is 6. The van der Waals surface area contributed by atoms with E-state index in [0.717, 1.165) is 37.7 Å². The first-order valence-electron chi connectivity index (χ1n) is 10.8. The molecule has 0 saturated carbocycles. The molecule has 0 fully saturated rings. The Kier molecular flexibility index (Phi) is 6.23. The van der Waals surface area contributed by atoms with Crippen LogP contribution in [0, 0.1) is 6.92 Å². The Labute approximate surface area is 202 Å². The van der Waals surface area contributed by atoms with Gasteiger partial charge >= 0.3 is 0 Å². The van der Waals surface area contributed by atoms with Gasteiger partial charge in [-0.2, -0.15) is 0 Å². The molecule has 0 unspecified atom stereocenters. The molecular formula is C28H22N4OS. The summed E-state index contributed by atoms with van der Waals surface area (Å²) in [5.74, 6) is 0.952. The lowest BCUT2D eigenvalue weighted by Gasteiger charge is -2.14. The van der Waals surface area contributed by atoms with Gasteiger partial charge in [0.25, 0.3) is 0 Å². The number of anilines is 2. The number of hydrogen-bond donors (Lipinski definition) is 2. The summed E-state index contributed by atoms with van der Waals surface area (Å²) in [5, 5.41) is 14.0. The third kappa shape index (κ3) is 5.08. The second-order valence-corrected chi connectivity index (χ2v) is 8.88. The Bertz CT molecular complexity index is 1470. The van der Waals surface area contributed by atoms with Crippen molar-refractivity contribution >= 4 is 46.5 Å². The lowest BCUT2D eigenvalue weighted by Crippen LogP contribution is -1.99. The topological polar surface area (TPSA) is 70.9 Å². The summed E-state index contributed by atoms with van der Waals surface area (Å²) in [5.41, 5.74) is 4.70. The summed E-state index contributed by atoms with van der Waals surface area (Å²) in [6, 6.07) is 27.7. The molecule has 0 aliphatic carbocycles. The van der Waals surface area contributed by atoms with Gasteiger partial charge in [0.05, 0.1) is 11.1 Å². The van der Waals surface area contributed by atoms with Crippen LogP contribution in [0.2, 0.25) is 0 Å². The highest BCUT2D eigenvalue weighted by atomic mass is 32.2. The van der Waals surface area contributed by atoms with Gasteiger partial charge in [-0.15, -0.1) is 0 Å². The average molecular weight is 463 g/mol. The molecule has 5 aromatic rings. The van der Waals surface area contributed by atoms with Crippen LogP contribution < -0.4 is 5.32 Å². The fourth-order valence-electron chi connectivity index (χ4n) is 3.50. The zero-order valence-corrected chi connectivity index (χ0v) is 19.3. The SMILES string of the molecule is Cc1ccc2c(Nc3cc(/C=C/c4ccccc4)ccc3Sc3ccc(O)cc3)ncnc2n1. The van der Waals surface area contributed by atoms with E-state index in [1.54, 1.807) is 23.9 Å². The molecule has 5 nitrogen and oxygen atoms in total. The van der Waals surface area contributed by atoms with Crippen molar-refractivity contribution in [2.75, 3.05) is 5.32 Å². The van der Waals surface area contributed by atoms with Gasteiger partial charge in [-0.25, -0.2) is 15.0 Å². The fraction of sp³-hybridized carbons (Fsp3) is 0.0357. The van der Waals surface area contributed by atoms with Crippen molar-refractivity contribution in [2.24, 2.45) is 0 Å². The first-order valence-corrected chi connectivity index (χ1v) is 11.7. The highest BCUT2D eigenvalue weighted by molar-refractivity contribution is 7.99. The van der Waals surface area contributed by atoms with E-state index < -0.39 is 0 Å². The summed E-state index contributed by atoms with van der Waals surface area (Å²) in [4.78, 5) is 15.4. The number of nitrogens with zero attached hydrogens (tertiary/aromatic N) is 3. The summed E-state index contributed by atoms with van der Waals surface area (Å²) < 4.78 is 0. The Morgan fingerprint density at radius 2 is 1.62 bits per heavy atom. The van der Waals surface area contributed by atoms with Crippen LogP contribution in [0.1, 0.15) is 16.8 Å². The second-order valence-electron chi connectivity index (χ2n) is 7.77. The van der Waals surface area contributed by atoms with Gasteiger partial charge in [-0.3, -0.25) is 0 Å². The van der Waals surface area contributed by atoms with Crippen molar-refractivity contribution in [3.05, 3.63) is 108 Å². The van der Waals surface area contributed by atoms with Crippen LogP contribution in [0.15, 0.2) is 101 Å². The van der Waals surface area contributed by atoms with Gasteiger partial charge in [0.15, 0.2) is 5.65 Å². The zero-order valence-electron chi connectivity index (χ0n) is 18.5. The van der Waals surface area contributed by atoms with Gasteiger partial charge in [-0.1, -0.05) is 60.3 Å². The quantitative estimate of drug-likeness (QED) is 0.262. The van der Waals surface area contributed by atoms with E-state index in [2.05, 4.69) is 62.8 Å². The first-order chi connectivity index (χ1) is 16.6. The minimum Gasteiger partial charge on any atom is -0.508 e. The molecule has 34 heavy (non-hydrogen) atoms. The molecule has 5 rings (SSSR count). The van der Waals surface area contributed by atoms with E-state index in [1.165, 1.54) is 6.33 Å². The van der Waals surface area contributed by atoms with Crippen molar-refractivity contribution in [1.82, 2.24) is 15.0 Å². The van der Waals surface area contributed by atoms with Gasteiger partial charge in [0.2, 0.25) is 0 Å². The Balaban J connectivity index is 1.53. The number of pyridine rings is 1. The van der Waals surface area contributed by atoms with E-state index in [4.69, 9.17) is 0 Å². The van der Waals surface area contributed by atoms with Crippen LogP contribution in [0.25, 0.3) is 23.2 Å². The number of aryl methyl sites for hydroxylation is 1. The monoisotopic (exact) mass is 462 g/mol. The van der Waals surface area contributed by atoms with Crippen molar-refractivity contribution in [2.45, 2.75) is 16.7 Å².